The summed E-state index contributed by atoms with van der Waals surface area (Å²) in [7, 11) is 1.85. The number of ether oxygens (including phenoxy) is 1. The SMILES string of the molecule is CC(=O)[C@H](CC(=O)N1CCCC(CCOc2ccc(C)c(CN(C)C(=O)[C@@H](C)CCc3ccccc3)c2)C1)NC(=O)C(C)(C)CF. The van der Waals surface area contributed by atoms with E-state index in [1.54, 1.807) is 9.80 Å². The topological polar surface area (TPSA) is 96.0 Å². The minimum Gasteiger partial charge on any atom is -0.494 e. The Balaban J connectivity index is 1.48. The van der Waals surface area contributed by atoms with Crippen molar-refractivity contribution in [2.24, 2.45) is 17.3 Å². The minimum absolute atomic E-state index is 0.0764. The number of carbonyl (C=O) groups excluding carboxylic acids is 4. The van der Waals surface area contributed by atoms with Crippen LogP contribution in [-0.4, -0.2) is 72.8 Å². The molecule has 0 bridgehead atoms. The van der Waals surface area contributed by atoms with E-state index in [0.29, 0.717) is 26.2 Å². The molecule has 0 radical (unpaired) electrons. The molecule has 3 rings (SSSR count). The summed E-state index contributed by atoms with van der Waals surface area (Å²) in [6, 6.07) is 15.2. The van der Waals surface area contributed by atoms with Gasteiger partial charge in [0.15, 0.2) is 5.78 Å². The van der Waals surface area contributed by atoms with Crippen LogP contribution in [0.5, 0.6) is 5.75 Å². The summed E-state index contributed by atoms with van der Waals surface area (Å²) in [6.07, 6.45) is 4.12. The fraction of sp³-hybridized carbons (Fsp3) is 0.568. The number of hydrogen-bond acceptors (Lipinski definition) is 5. The number of hydrogen-bond donors (Lipinski definition) is 1. The molecule has 0 aromatic heterocycles. The van der Waals surface area contributed by atoms with Gasteiger partial charge in [-0.05, 0) is 94.5 Å². The lowest BCUT2D eigenvalue weighted by Crippen LogP contribution is -2.50. The third-order valence-corrected chi connectivity index (χ3v) is 9.02. The van der Waals surface area contributed by atoms with Crippen molar-refractivity contribution in [1.29, 1.82) is 0 Å². The van der Waals surface area contributed by atoms with Gasteiger partial charge in [-0.25, -0.2) is 4.39 Å². The summed E-state index contributed by atoms with van der Waals surface area (Å²) in [5.74, 6) is -0.0591. The Morgan fingerprint density at radius 2 is 1.85 bits per heavy atom. The first-order valence-corrected chi connectivity index (χ1v) is 16.5. The summed E-state index contributed by atoms with van der Waals surface area (Å²) < 4.78 is 19.4. The number of amides is 3. The van der Waals surface area contributed by atoms with Crippen LogP contribution in [0.3, 0.4) is 0 Å². The van der Waals surface area contributed by atoms with Crippen LogP contribution in [0.25, 0.3) is 0 Å². The lowest BCUT2D eigenvalue weighted by atomic mass is 9.93. The van der Waals surface area contributed by atoms with E-state index in [1.165, 1.54) is 26.3 Å². The van der Waals surface area contributed by atoms with E-state index in [0.717, 1.165) is 49.0 Å². The third-order valence-electron chi connectivity index (χ3n) is 9.02. The fourth-order valence-electron chi connectivity index (χ4n) is 5.65. The Morgan fingerprint density at radius 3 is 2.52 bits per heavy atom. The molecule has 1 saturated heterocycles. The zero-order chi connectivity index (χ0) is 33.9. The molecule has 1 aliphatic rings. The molecular weight excluding hydrogens is 585 g/mol. The molecule has 46 heavy (non-hydrogen) atoms. The van der Waals surface area contributed by atoms with Gasteiger partial charge in [0.05, 0.1) is 24.5 Å². The molecule has 2 aromatic carbocycles. The van der Waals surface area contributed by atoms with Gasteiger partial charge in [0.25, 0.3) is 0 Å². The maximum Gasteiger partial charge on any atom is 0.228 e. The van der Waals surface area contributed by atoms with Gasteiger partial charge in [-0.2, -0.15) is 0 Å². The quantitative estimate of drug-likeness (QED) is 0.255. The summed E-state index contributed by atoms with van der Waals surface area (Å²) in [5.41, 5.74) is 2.11. The van der Waals surface area contributed by atoms with Gasteiger partial charge in [-0.3, -0.25) is 19.2 Å². The number of ketones is 1. The van der Waals surface area contributed by atoms with Gasteiger partial charge < -0.3 is 19.9 Å². The van der Waals surface area contributed by atoms with Crippen molar-refractivity contribution >= 4 is 23.5 Å². The number of benzene rings is 2. The predicted octanol–water partition coefficient (Wildman–Crippen LogP) is 5.69. The van der Waals surface area contributed by atoms with Crippen molar-refractivity contribution in [3.8, 4) is 5.75 Å². The van der Waals surface area contributed by atoms with Gasteiger partial charge in [0.2, 0.25) is 17.7 Å². The highest BCUT2D eigenvalue weighted by molar-refractivity contribution is 5.93. The number of likely N-dealkylation sites (tertiary alicyclic amines) is 1. The normalized spacial score (nSPS) is 16.3. The number of aryl methyl sites for hydroxylation is 2. The summed E-state index contributed by atoms with van der Waals surface area (Å²) in [4.78, 5) is 54.3. The first-order valence-electron chi connectivity index (χ1n) is 16.5. The number of nitrogens with one attached hydrogen (secondary N) is 1. The summed E-state index contributed by atoms with van der Waals surface area (Å²) in [6.45, 7) is 9.58. The predicted molar refractivity (Wildman–Crippen MR) is 178 cm³/mol. The second-order valence-corrected chi connectivity index (χ2v) is 13.6. The lowest BCUT2D eigenvalue weighted by molar-refractivity contribution is -0.138. The molecule has 3 atom stereocenters. The Kier molecular flexibility index (Phi) is 13.8. The van der Waals surface area contributed by atoms with Crippen molar-refractivity contribution in [2.45, 2.75) is 85.7 Å². The van der Waals surface area contributed by atoms with E-state index in [-0.39, 0.29) is 35.9 Å². The van der Waals surface area contributed by atoms with Crippen LogP contribution in [0.1, 0.15) is 76.5 Å². The lowest BCUT2D eigenvalue weighted by Gasteiger charge is -2.34. The van der Waals surface area contributed by atoms with Crippen LogP contribution in [0, 0.1) is 24.2 Å². The number of Topliss-reactive ketones (excluding diaryl/α,β-unsaturated/α-hetero) is 1. The van der Waals surface area contributed by atoms with Gasteiger partial charge in [0, 0.05) is 32.6 Å². The van der Waals surface area contributed by atoms with Crippen LogP contribution >= 0.6 is 0 Å². The fourth-order valence-corrected chi connectivity index (χ4v) is 5.65. The molecule has 0 spiro atoms. The Bertz CT molecular complexity index is 1330. The van der Waals surface area contributed by atoms with Crippen molar-refractivity contribution in [3.05, 3.63) is 65.2 Å². The maximum absolute atomic E-state index is 13.2. The zero-order valence-electron chi connectivity index (χ0n) is 28.4. The highest BCUT2D eigenvalue weighted by Gasteiger charge is 2.33. The monoisotopic (exact) mass is 637 g/mol. The average molecular weight is 638 g/mol. The Morgan fingerprint density at radius 1 is 1.13 bits per heavy atom. The van der Waals surface area contributed by atoms with E-state index in [1.807, 2.05) is 57.3 Å². The van der Waals surface area contributed by atoms with E-state index in [4.69, 9.17) is 4.74 Å². The summed E-state index contributed by atoms with van der Waals surface area (Å²) >= 11 is 0. The van der Waals surface area contributed by atoms with Crippen molar-refractivity contribution in [1.82, 2.24) is 15.1 Å². The number of piperidine rings is 1. The second kappa shape index (κ2) is 17.2. The number of carbonyl (C=O) groups is 4. The molecule has 0 aliphatic carbocycles. The van der Waals surface area contributed by atoms with Gasteiger partial charge in [0.1, 0.15) is 12.4 Å². The number of nitrogens with zero attached hydrogens (tertiary/aromatic N) is 2. The molecule has 9 heteroatoms. The first kappa shape index (κ1) is 36.7. The van der Waals surface area contributed by atoms with Crippen LogP contribution < -0.4 is 10.1 Å². The molecule has 1 unspecified atom stereocenters. The largest absolute Gasteiger partial charge is 0.494 e. The molecule has 3 amide bonds. The number of alkyl halides is 1. The van der Waals surface area contributed by atoms with Crippen LogP contribution in [0.4, 0.5) is 4.39 Å². The van der Waals surface area contributed by atoms with Gasteiger partial charge >= 0.3 is 0 Å². The van der Waals surface area contributed by atoms with E-state index in [9.17, 15) is 23.6 Å². The first-order chi connectivity index (χ1) is 21.8. The minimum atomic E-state index is -1.26. The molecule has 1 N–H and O–H groups in total. The van der Waals surface area contributed by atoms with E-state index in [2.05, 4.69) is 17.4 Å². The molecule has 1 fully saturated rings. The molecule has 1 aliphatic heterocycles. The van der Waals surface area contributed by atoms with Crippen molar-refractivity contribution < 1.29 is 28.3 Å². The zero-order valence-corrected chi connectivity index (χ0v) is 28.4. The molecule has 1 heterocycles. The third kappa shape index (κ3) is 11.0. The molecule has 2 aromatic rings. The van der Waals surface area contributed by atoms with Crippen molar-refractivity contribution in [2.75, 3.05) is 33.4 Å². The second-order valence-electron chi connectivity index (χ2n) is 13.6. The van der Waals surface area contributed by atoms with Crippen LogP contribution in [0.2, 0.25) is 0 Å². The van der Waals surface area contributed by atoms with Crippen LogP contribution in [0.15, 0.2) is 48.5 Å². The maximum atomic E-state index is 13.2. The van der Waals surface area contributed by atoms with Crippen LogP contribution in [-0.2, 0) is 32.1 Å². The van der Waals surface area contributed by atoms with Gasteiger partial charge in [-0.1, -0.05) is 43.3 Å². The molecular formula is C37H52FN3O5. The molecule has 0 saturated carbocycles. The van der Waals surface area contributed by atoms with E-state index < -0.39 is 24.0 Å². The number of rotatable bonds is 16. The van der Waals surface area contributed by atoms with Gasteiger partial charge in [-0.15, -0.1) is 0 Å². The van der Waals surface area contributed by atoms with Crippen molar-refractivity contribution in [3.63, 3.8) is 0 Å². The average Bonchev–Trinajstić information content (AvgIpc) is 3.04. The highest BCUT2D eigenvalue weighted by atomic mass is 19.1. The molecule has 8 nitrogen and oxygen atoms in total. The number of halogens is 1. The highest BCUT2D eigenvalue weighted by Crippen LogP contribution is 2.24. The van der Waals surface area contributed by atoms with E-state index >= 15 is 0 Å². The smallest absolute Gasteiger partial charge is 0.228 e. The standard InChI is InChI=1S/C37H52FN3O5/c1-26-15-17-32(21-31(26)24-40(6)35(44)27(2)14-16-29-11-8-7-9-12-29)46-20-18-30-13-10-19-41(23-30)34(43)22-33(28(3)42)39-36(45)37(4,5)25-38/h7-9,11-12,15,17,21,27,30,33H,10,13-14,16,18-20,22-25H2,1-6H3,(H,39,45)/t27-,30?,33-/m0/s1. The Hall–Kier alpha value is -3.75. The Labute approximate surface area is 274 Å². The molecule has 252 valence electrons. The summed E-state index contributed by atoms with van der Waals surface area (Å²) in [5, 5.41) is 2.57.